The van der Waals surface area contributed by atoms with Gasteiger partial charge in [0.15, 0.2) is 5.79 Å². The molecule has 1 spiro atoms. The highest BCUT2D eigenvalue weighted by Gasteiger charge is 2.40. The van der Waals surface area contributed by atoms with Crippen LogP contribution < -0.4 is 4.74 Å². The summed E-state index contributed by atoms with van der Waals surface area (Å²) in [4.78, 5) is 2.46. The summed E-state index contributed by atoms with van der Waals surface area (Å²) in [6, 6.07) is 20.5. The quantitative estimate of drug-likeness (QED) is 0.832. The minimum absolute atomic E-state index is 0.0167. The molecule has 0 saturated carbocycles. The van der Waals surface area contributed by atoms with Gasteiger partial charge in [0.2, 0.25) is 0 Å². The van der Waals surface area contributed by atoms with E-state index in [1.165, 1.54) is 5.56 Å². The lowest BCUT2D eigenvalue weighted by atomic mass is 10.0. The van der Waals surface area contributed by atoms with E-state index in [1.54, 1.807) is 0 Å². The van der Waals surface area contributed by atoms with Gasteiger partial charge in [0.05, 0.1) is 13.2 Å². The van der Waals surface area contributed by atoms with Crippen LogP contribution in [0.5, 0.6) is 5.75 Å². The van der Waals surface area contributed by atoms with Gasteiger partial charge in [-0.2, -0.15) is 0 Å². The molecule has 4 nitrogen and oxygen atoms in total. The number of para-hydroxylation sites is 1. The minimum Gasteiger partial charge on any atom is -0.484 e. The van der Waals surface area contributed by atoms with Crippen molar-refractivity contribution in [3.8, 4) is 5.75 Å². The van der Waals surface area contributed by atoms with Gasteiger partial charge in [-0.15, -0.1) is 0 Å². The normalized spacial score (nSPS) is 21.3. The van der Waals surface area contributed by atoms with E-state index in [0.29, 0.717) is 0 Å². The lowest BCUT2D eigenvalue weighted by Gasteiger charge is -2.38. The van der Waals surface area contributed by atoms with Crippen LogP contribution in [0.3, 0.4) is 0 Å². The molecule has 2 aromatic carbocycles. The molecule has 0 radical (unpaired) electrons. The number of hydrogen-bond donors (Lipinski definition) is 0. The second-order valence-electron chi connectivity index (χ2n) is 6.74. The van der Waals surface area contributed by atoms with Crippen LogP contribution in [0.4, 0.5) is 0 Å². The number of hydrogen-bond acceptors (Lipinski definition) is 4. The Morgan fingerprint density at radius 1 is 0.880 bits per heavy atom. The molecule has 25 heavy (non-hydrogen) atoms. The average Bonchev–Trinajstić information content (AvgIpc) is 3.13. The zero-order valence-electron chi connectivity index (χ0n) is 14.5. The van der Waals surface area contributed by atoms with E-state index in [1.807, 2.05) is 36.4 Å². The van der Waals surface area contributed by atoms with Crippen molar-refractivity contribution in [1.82, 2.24) is 4.90 Å². The lowest BCUT2D eigenvalue weighted by Crippen LogP contribution is -2.46. The highest BCUT2D eigenvalue weighted by Crippen LogP contribution is 2.32. The Labute approximate surface area is 149 Å². The fraction of sp³-hybridized carbons (Fsp3) is 0.429. The Hall–Kier alpha value is -1.88. The fourth-order valence-electron chi connectivity index (χ4n) is 3.64. The molecule has 0 bridgehead atoms. The van der Waals surface area contributed by atoms with Crippen LogP contribution in [0.1, 0.15) is 24.5 Å². The van der Waals surface area contributed by atoms with Gasteiger partial charge in [-0.3, -0.25) is 4.90 Å². The molecular formula is C21H25NO3. The molecule has 2 aromatic rings. The average molecular weight is 339 g/mol. The SMILES string of the molecule is c1ccc(O[C@@H](CN2CCC3(CC2)OCCO3)c2ccccc2)cc1. The van der Waals surface area contributed by atoms with E-state index in [-0.39, 0.29) is 11.9 Å². The van der Waals surface area contributed by atoms with E-state index in [4.69, 9.17) is 14.2 Å². The van der Waals surface area contributed by atoms with Crippen molar-refractivity contribution in [2.75, 3.05) is 32.8 Å². The summed E-state index contributed by atoms with van der Waals surface area (Å²) >= 11 is 0. The van der Waals surface area contributed by atoms with E-state index in [2.05, 4.69) is 29.2 Å². The van der Waals surface area contributed by atoms with Crippen LogP contribution in [0.2, 0.25) is 0 Å². The number of rotatable bonds is 5. The van der Waals surface area contributed by atoms with E-state index >= 15 is 0 Å². The molecule has 2 heterocycles. The molecular weight excluding hydrogens is 314 g/mol. The third-order valence-corrected chi connectivity index (χ3v) is 5.05. The first kappa shape index (κ1) is 16.6. The largest absolute Gasteiger partial charge is 0.484 e. The zero-order chi connectivity index (χ0) is 17.0. The highest BCUT2D eigenvalue weighted by molar-refractivity contribution is 5.24. The maximum atomic E-state index is 6.32. The first-order chi connectivity index (χ1) is 12.3. The topological polar surface area (TPSA) is 30.9 Å². The number of ether oxygens (including phenoxy) is 3. The smallest absolute Gasteiger partial charge is 0.170 e. The number of piperidine rings is 1. The van der Waals surface area contributed by atoms with Gasteiger partial charge in [0.1, 0.15) is 11.9 Å². The number of likely N-dealkylation sites (tertiary alicyclic amines) is 1. The summed E-state index contributed by atoms with van der Waals surface area (Å²) in [7, 11) is 0. The Kier molecular flexibility index (Phi) is 5.02. The third-order valence-electron chi connectivity index (χ3n) is 5.05. The fourth-order valence-corrected chi connectivity index (χ4v) is 3.64. The molecule has 0 amide bonds. The molecule has 0 aromatic heterocycles. The summed E-state index contributed by atoms with van der Waals surface area (Å²) in [5.41, 5.74) is 1.21. The highest BCUT2D eigenvalue weighted by atomic mass is 16.7. The van der Waals surface area contributed by atoms with Crippen LogP contribution in [-0.2, 0) is 9.47 Å². The van der Waals surface area contributed by atoms with Gasteiger partial charge in [0.25, 0.3) is 0 Å². The Morgan fingerprint density at radius 2 is 1.48 bits per heavy atom. The van der Waals surface area contributed by atoms with Gasteiger partial charge < -0.3 is 14.2 Å². The summed E-state index contributed by atoms with van der Waals surface area (Å²) in [6.07, 6.45) is 1.88. The third kappa shape index (κ3) is 4.03. The summed E-state index contributed by atoms with van der Waals surface area (Å²) in [5.74, 6) is 0.589. The summed E-state index contributed by atoms with van der Waals surface area (Å²) < 4.78 is 18.0. The van der Waals surface area contributed by atoms with Gasteiger partial charge in [-0.25, -0.2) is 0 Å². The maximum absolute atomic E-state index is 6.32. The molecule has 0 aliphatic carbocycles. The molecule has 4 rings (SSSR count). The van der Waals surface area contributed by atoms with Crippen molar-refractivity contribution < 1.29 is 14.2 Å². The molecule has 1 atom stereocenters. The number of benzene rings is 2. The molecule has 2 aliphatic heterocycles. The van der Waals surface area contributed by atoms with Crippen LogP contribution in [0.25, 0.3) is 0 Å². The maximum Gasteiger partial charge on any atom is 0.170 e. The molecule has 0 unspecified atom stereocenters. The Balaban J connectivity index is 1.43. The minimum atomic E-state index is -0.320. The standard InChI is InChI=1S/C21H25NO3/c1-3-7-18(8-4-1)20(25-19-9-5-2-6-10-19)17-22-13-11-21(12-14-22)23-15-16-24-21/h1-10,20H,11-17H2/t20-/m0/s1. The predicted molar refractivity (Wildman–Crippen MR) is 96.6 cm³/mol. The second-order valence-corrected chi connectivity index (χ2v) is 6.74. The monoisotopic (exact) mass is 339 g/mol. The van der Waals surface area contributed by atoms with Crippen LogP contribution in [0.15, 0.2) is 60.7 Å². The van der Waals surface area contributed by atoms with Crippen molar-refractivity contribution in [3.63, 3.8) is 0 Å². The van der Waals surface area contributed by atoms with Crippen molar-refractivity contribution in [2.45, 2.75) is 24.7 Å². The second kappa shape index (κ2) is 7.56. The predicted octanol–water partition coefficient (Wildman–Crippen LogP) is 3.65. The Morgan fingerprint density at radius 3 is 2.12 bits per heavy atom. The number of nitrogens with zero attached hydrogens (tertiary/aromatic N) is 1. The van der Waals surface area contributed by atoms with Crippen molar-refractivity contribution in [2.24, 2.45) is 0 Å². The van der Waals surface area contributed by atoms with Gasteiger partial charge in [0, 0.05) is 32.5 Å². The summed E-state index contributed by atoms with van der Waals surface area (Å²) in [6.45, 7) is 4.27. The Bertz CT molecular complexity index is 645. The van der Waals surface area contributed by atoms with Crippen LogP contribution in [0, 0.1) is 0 Å². The molecule has 2 aliphatic rings. The van der Waals surface area contributed by atoms with E-state index in [0.717, 1.165) is 51.4 Å². The first-order valence-electron chi connectivity index (χ1n) is 9.10. The van der Waals surface area contributed by atoms with Crippen LogP contribution >= 0.6 is 0 Å². The van der Waals surface area contributed by atoms with Crippen LogP contribution in [-0.4, -0.2) is 43.5 Å². The molecule has 2 saturated heterocycles. The zero-order valence-corrected chi connectivity index (χ0v) is 14.5. The summed E-state index contributed by atoms with van der Waals surface area (Å²) in [5, 5.41) is 0. The van der Waals surface area contributed by atoms with E-state index in [9.17, 15) is 0 Å². The van der Waals surface area contributed by atoms with Gasteiger partial charge >= 0.3 is 0 Å². The molecule has 4 heteroatoms. The molecule has 2 fully saturated rings. The van der Waals surface area contributed by atoms with Crippen molar-refractivity contribution in [1.29, 1.82) is 0 Å². The van der Waals surface area contributed by atoms with Gasteiger partial charge in [-0.05, 0) is 17.7 Å². The lowest BCUT2D eigenvalue weighted by molar-refractivity contribution is -0.186. The first-order valence-corrected chi connectivity index (χ1v) is 9.10. The van der Waals surface area contributed by atoms with Crippen molar-refractivity contribution in [3.05, 3.63) is 66.2 Å². The van der Waals surface area contributed by atoms with E-state index < -0.39 is 0 Å². The molecule has 132 valence electrons. The molecule has 0 N–H and O–H groups in total. The van der Waals surface area contributed by atoms with Gasteiger partial charge in [-0.1, -0.05) is 48.5 Å². The van der Waals surface area contributed by atoms with Crippen molar-refractivity contribution >= 4 is 0 Å².